The number of halogens is 5. The fourth-order valence-electron chi connectivity index (χ4n) is 3.89. The van der Waals surface area contributed by atoms with Crippen molar-refractivity contribution in [2.24, 2.45) is 0 Å². The zero-order chi connectivity index (χ0) is 23.7. The van der Waals surface area contributed by atoms with E-state index in [-0.39, 0.29) is 16.7 Å². The lowest BCUT2D eigenvalue weighted by Gasteiger charge is -2.12. The molecule has 0 spiro atoms. The van der Waals surface area contributed by atoms with Gasteiger partial charge in [0.1, 0.15) is 17.5 Å². The summed E-state index contributed by atoms with van der Waals surface area (Å²) in [7, 11) is 1.08. The Balaban J connectivity index is 1.78. The van der Waals surface area contributed by atoms with E-state index >= 15 is 4.39 Å². The van der Waals surface area contributed by atoms with Gasteiger partial charge in [-0.3, -0.25) is 0 Å². The van der Waals surface area contributed by atoms with Crippen molar-refractivity contribution in [2.75, 3.05) is 7.11 Å². The second-order valence-corrected chi connectivity index (χ2v) is 7.60. The molecule has 0 aliphatic rings. The van der Waals surface area contributed by atoms with Gasteiger partial charge in [-0.2, -0.15) is 0 Å². The number of fused-ring (bicyclic) bond motifs is 1. The molecule has 0 aliphatic heterocycles. The average Bonchev–Trinajstić information content (AvgIpc) is 2.77. The molecule has 0 heterocycles. The second-order valence-electron chi connectivity index (χ2n) is 7.60. The van der Waals surface area contributed by atoms with Crippen molar-refractivity contribution in [3.8, 4) is 28.0 Å². The highest BCUT2D eigenvalue weighted by atomic mass is 19.1. The molecule has 0 fully saturated rings. The maximum atomic E-state index is 15.2. The van der Waals surface area contributed by atoms with Gasteiger partial charge in [0.25, 0.3) is 0 Å². The maximum absolute atomic E-state index is 15.2. The molecule has 4 aromatic carbocycles. The van der Waals surface area contributed by atoms with E-state index in [1.54, 1.807) is 24.3 Å². The highest BCUT2D eigenvalue weighted by Gasteiger charge is 2.20. The average molecular weight is 454 g/mol. The molecule has 4 aromatic rings. The molecule has 0 atom stereocenters. The summed E-state index contributed by atoms with van der Waals surface area (Å²) in [5, 5.41) is 0.985. The molecule has 0 aromatic heterocycles. The second kappa shape index (κ2) is 9.06. The third-order valence-corrected chi connectivity index (χ3v) is 5.50. The molecule has 0 bridgehead atoms. The van der Waals surface area contributed by atoms with Crippen LogP contribution in [0.1, 0.15) is 12.0 Å². The van der Waals surface area contributed by atoms with E-state index in [0.29, 0.717) is 10.8 Å². The predicted molar refractivity (Wildman–Crippen MR) is 120 cm³/mol. The van der Waals surface area contributed by atoms with Gasteiger partial charge in [-0.1, -0.05) is 36.4 Å². The van der Waals surface area contributed by atoms with Crippen LogP contribution in [-0.2, 0) is 6.42 Å². The lowest BCUT2D eigenvalue weighted by atomic mass is 9.95. The van der Waals surface area contributed by atoms with Crippen LogP contribution in [0.2, 0.25) is 0 Å². The van der Waals surface area contributed by atoms with Crippen molar-refractivity contribution >= 4 is 10.8 Å². The van der Waals surface area contributed by atoms with E-state index < -0.39 is 40.4 Å². The van der Waals surface area contributed by atoms with Crippen LogP contribution in [0.5, 0.6) is 5.75 Å². The number of methoxy groups -OCH3 is 1. The quantitative estimate of drug-likeness (QED) is 0.212. The van der Waals surface area contributed by atoms with E-state index in [0.717, 1.165) is 49.8 Å². The summed E-state index contributed by atoms with van der Waals surface area (Å²) in [6.45, 7) is 3.69. The number of hydrogen-bond acceptors (Lipinski definition) is 1. The first kappa shape index (κ1) is 22.5. The van der Waals surface area contributed by atoms with E-state index in [9.17, 15) is 17.6 Å². The van der Waals surface area contributed by atoms with E-state index in [1.807, 2.05) is 6.07 Å². The number of aryl methyl sites for hydroxylation is 1. The van der Waals surface area contributed by atoms with Gasteiger partial charge in [-0.25, -0.2) is 22.0 Å². The topological polar surface area (TPSA) is 9.23 Å². The molecule has 1 nitrogen and oxygen atoms in total. The molecule has 6 heteroatoms. The van der Waals surface area contributed by atoms with E-state index in [1.165, 1.54) is 6.07 Å². The van der Waals surface area contributed by atoms with Crippen molar-refractivity contribution in [3.63, 3.8) is 0 Å². The number of ether oxygens (including phenoxy) is 1. The zero-order valence-electron chi connectivity index (χ0n) is 17.7. The third-order valence-electron chi connectivity index (χ3n) is 5.50. The molecular weight excluding hydrogens is 435 g/mol. The highest BCUT2D eigenvalue weighted by molar-refractivity contribution is 5.89. The van der Waals surface area contributed by atoms with Crippen molar-refractivity contribution < 1.29 is 26.7 Å². The largest absolute Gasteiger partial charge is 0.491 e. The van der Waals surface area contributed by atoms with Gasteiger partial charge in [-0.15, -0.1) is 6.58 Å². The van der Waals surface area contributed by atoms with Crippen molar-refractivity contribution in [1.29, 1.82) is 0 Å². The monoisotopic (exact) mass is 454 g/mol. The van der Waals surface area contributed by atoms with Crippen LogP contribution in [0.3, 0.4) is 0 Å². The first-order valence-electron chi connectivity index (χ1n) is 10.2. The minimum Gasteiger partial charge on any atom is -0.491 e. The van der Waals surface area contributed by atoms with Gasteiger partial charge in [0.05, 0.1) is 12.7 Å². The molecule has 0 radical (unpaired) electrons. The molecule has 0 saturated heterocycles. The number of hydrogen-bond donors (Lipinski definition) is 0. The number of rotatable bonds is 6. The Morgan fingerprint density at radius 2 is 1.42 bits per heavy atom. The smallest absolute Gasteiger partial charge is 0.190 e. The Kier molecular flexibility index (Phi) is 6.18. The predicted octanol–water partition coefficient (Wildman–Crippen LogP) is 8.00. The minimum atomic E-state index is -1.09. The molecule has 33 heavy (non-hydrogen) atoms. The number of benzene rings is 4. The van der Waals surface area contributed by atoms with Crippen LogP contribution in [0.25, 0.3) is 33.0 Å². The van der Waals surface area contributed by atoms with Gasteiger partial charge in [0.15, 0.2) is 17.4 Å². The molecule has 0 aliphatic carbocycles. The van der Waals surface area contributed by atoms with Gasteiger partial charge in [-0.05, 0) is 59.2 Å². The third kappa shape index (κ3) is 4.21. The standard InChI is InChI=1S/C27H19F5O/c1-3-4-5-15-6-8-19-16(10-15)7-9-20(26(19)32)17-11-21(28)25(22(29)12-17)18-13-23(30)27(33-2)24(31)14-18/h3,6-14H,1,4-5H2,2H3. The van der Waals surface area contributed by atoms with Crippen LogP contribution in [0, 0.1) is 29.1 Å². The fraction of sp³-hybridized carbons (Fsp3) is 0.111. The van der Waals surface area contributed by atoms with Crippen LogP contribution in [-0.4, -0.2) is 7.11 Å². The Labute approximate surface area is 187 Å². The first-order chi connectivity index (χ1) is 15.8. The van der Waals surface area contributed by atoms with E-state index in [2.05, 4.69) is 11.3 Å². The molecule has 0 N–H and O–H groups in total. The molecule has 168 valence electrons. The zero-order valence-corrected chi connectivity index (χ0v) is 17.7. The summed E-state index contributed by atoms with van der Waals surface area (Å²) in [5.74, 6) is -5.61. The maximum Gasteiger partial charge on any atom is 0.190 e. The van der Waals surface area contributed by atoms with Crippen molar-refractivity contribution in [3.05, 3.63) is 102 Å². The van der Waals surface area contributed by atoms with Crippen molar-refractivity contribution in [1.82, 2.24) is 0 Å². The summed E-state index contributed by atoms with van der Waals surface area (Å²) >= 11 is 0. The lowest BCUT2D eigenvalue weighted by Crippen LogP contribution is -1.98. The fourth-order valence-corrected chi connectivity index (χ4v) is 3.89. The molecular formula is C27H19F5O. The molecule has 0 saturated carbocycles. The lowest BCUT2D eigenvalue weighted by molar-refractivity contribution is 0.360. The number of allylic oxidation sites excluding steroid dienone is 1. The van der Waals surface area contributed by atoms with Gasteiger partial charge >= 0.3 is 0 Å². The SMILES string of the molecule is C=CCCc1ccc2c(F)c(-c3cc(F)c(-c4cc(F)c(OC)c(F)c4)c(F)c3)ccc2c1. The van der Waals surface area contributed by atoms with Crippen molar-refractivity contribution in [2.45, 2.75) is 12.8 Å². The molecule has 4 rings (SSSR count). The van der Waals surface area contributed by atoms with Gasteiger partial charge in [0, 0.05) is 10.9 Å². The summed E-state index contributed by atoms with van der Waals surface area (Å²) in [5.41, 5.74) is 0.0525. The van der Waals surface area contributed by atoms with Crippen LogP contribution < -0.4 is 4.74 Å². The van der Waals surface area contributed by atoms with Crippen LogP contribution >= 0.6 is 0 Å². The van der Waals surface area contributed by atoms with Gasteiger partial charge < -0.3 is 4.74 Å². The summed E-state index contributed by atoms with van der Waals surface area (Å²) < 4.78 is 77.7. The molecule has 0 unspecified atom stereocenters. The van der Waals surface area contributed by atoms with Crippen LogP contribution in [0.15, 0.2) is 67.3 Å². The Hall–Kier alpha value is -3.67. The van der Waals surface area contributed by atoms with E-state index in [4.69, 9.17) is 0 Å². The summed E-state index contributed by atoms with van der Waals surface area (Å²) in [4.78, 5) is 0. The van der Waals surface area contributed by atoms with Crippen LogP contribution in [0.4, 0.5) is 22.0 Å². The minimum absolute atomic E-state index is 0.0118. The molecule has 0 amide bonds. The Morgan fingerprint density at radius 1 is 0.788 bits per heavy atom. The van der Waals surface area contributed by atoms with Gasteiger partial charge in [0.2, 0.25) is 0 Å². The summed E-state index contributed by atoms with van der Waals surface area (Å²) in [6.07, 6.45) is 3.36. The Bertz CT molecular complexity index is 1330. The first-order valence-corrected chi connectivity index (χ1v) is 10.2. The highest BCUT2D eigenvalue weighted by Crippen LogP contribution is 2.36. The summed E-state index contributed by atoms with van der Waals surface area (Å²) in [6, 6.07) is 11.9. The normalized spacial score (nSPS) is 11.1. The Morgan fingerprint density at radius 3 is 2.03 bits per heavy atom.